The highest BCUT2D eigenvalue weighted by molar-refractivity contribution is 5.79. The van der Waals surface area contributed by atoms with E-state index < -0.39 is 0 Å². The maximum Gasteiger partial charge on any atom is 0.133 e. The van der Waals surface area contributed by atoms with Crippen molar-refractivity contribution in [1.82, 2.24) is 0 Å². The third kappa shape index (κ3) is 3.55. The molecule has 1 nitrogen and oxygen atoms in total. The number of carbonyl (C=O) groups excluding carboxylic acids is 1. The van der Waals surface area contributed by atoms with Crippen LogP contribution in [0.15, 0.2) is 35.9 Å². The smallest absolute Gasteiger partial charge is 0.133 e. The van der Waals surface area contributed by atoms with E-state index in [2.05, 4.69) is 37.3 Å². The molecule has 0 saturated heterocycles. The minimum Gasteiger partial charge on any atom is -0.300 e. The summed E-state index contributed by atoms with van der Waals surface area (Å²) in [7, 11) is 0. The zero-order chi connectivity index (χ0) is 12.1. The van der Waals surface area contributed by atoms with Crippen LogP contribution >= 0.6 is 0 Å². The number of carbonyl (C=O) groups is 1. The molecule has 17 heavy (non-hydrogen) atoms. The maximum atomic E-state index is 11.6. The van der Waals surface area contributed by atoms with Crippen LogP contribution in [0.4, 0.5) is 0 Å². The summed E-state index contributed by atoms with van der Waals surface area (Å²) in [4.78, 5) is 11.6. The average Bonchev–Trinajstić information content (AvgIpc) is 2.55. The Kier molecular flexibility index (Phi) is 4.13. The third-order valence-corrected chi connectivity index (χ3v) is 3.57. The minimum atomic E-state index is 0.438. The van der Waals surface area contributed by atoms with Crippen LogP contribution in [0.2, 0.25) is 0 Å². The summed E-state index contributed by atoms with van der Waals surface area (Å²) in [6.45, 7) is 2.16. The van der Waals surface area contributed by atoms with E-state index in [0.717, 1.165) is 19.3 Å². The Hall–Kier alpha value is -1.37. The molecule has 0 spiro atoms. The van der Waals surface area contributed by atoms with Crippen molar-refractivity contribution >= 4 is 11.9 Å². The van der Waals surface area contributed by atoms with Crippen LogP contribution in [-0.4, -0.2) is 5.78 Å². The first-order valence-corrected chi connectivity index (χ1v) is 6.50. The Bertz CT molecular complexity index is 403. The number of benzene rings is 1. The van der Waals surface area contributed by atoms with Gasteiger partial charge in [-0.15, -0.1) is 0 Å². The van der Waals surface area contributed by atoms with Gasteiger partial charge in [-0.25, -0.2) is 0 Å². The second-order valence-corrected chi connectivity index (χ2v) is 4.98. The molecule has 0 bridgehead atoms. The quantitative estimate of drug-likeness (QED) is 0.692. The zero-order valence-electron chi connectivity index (χ0n) is 10.5. The molecule has 1 aliphatic carbocycles. The predicted octanol–water partition coefficient (Wildman–Crippen LogP) is 4.24. The summed E-state index contributed by atoms with van der Waals surface area (Å²) in [6.07, 6.45) is 7.19. The summed E-state index contributed by atoms with van der Waals surface area (Å²) >= 11 is 0. The molecule has 1 heteroatoms. The van der Waals surface area contributed by atoms with E-state index in [1.54, 1.807) is 0 Å². The van der Waals surface area contributed by atoms with Crippen molar-refractivity contribution in [2.75, 3.05) is 0 Å². The van der Waals surface area contributed by atoms with Gasteiger partial charge in [-0.05, 0) is 31.2 Å². The van der Waals surface area contributed by atoms with Crippen molar-refractivity contribution in [3.63, 3.8) is 0 Å². The molecule has 0 radical (unpaired) electrons. The summed E-state index contributed by atoms with van der Waals surface area (Å²) < 4.78 is 0. The lowest BCUT2D eigenvalue weighted by molar-refractivity contribution is -0.119. The molecule has 0 aliphatic heterocycles. The monoisotopic (exact) mass is 228 g/mol. The molecule has 1 atom stereocenters. The summed E-state index contributed by atoms with van der Waals surface area (Å²) in [6, 6.07) is 10.4. The van der Waals surface area contributed by atoms with Gasteiger partial charge in [0.2, 0.25) is 0 Å². The SMILES string of the molecule is C/C(=C\c1ccccc1)[C@H]1CCCCC(=O)C1. The summed E-state index contributed by atoms with van der Waals surface area (Å²) in [5.74, 6) is 0.901. The first-order chi connectivity index (χ1) is 8.25. The largest absolute Gasteiger partial charge is 0.300 e. The molecule has 1 fully saturated rings. The van der Waals surface area contributed by atoms with Gasteiger partial charge in [0.25, 0.3) is 0 Å². The number of hydrogen-bond acceptors (Lipinski definition) is 1. The van der Waals surface area contributed by atoms with Crippen LogP contribution in [0, 0.1) is 5.92 Å². The van der Waals surface area contributed by atoms with E-state index >= 15 is 0 Å². The molecule has 1 saturated carbocycles. The van der Waals surface area contributed by atoms with Crippen molar-refractivity contribution in [2.45, 2.75) is 39.0 Å². The second kappa shape index (κ2) is 5.81. The van der Waals surface area contributed by atoms with Crippen molar-refractivity contribution in [2.24, 2.45) is 5.92 Å². The van der Waals surface area contributed by atoms with Gasteiger partial charge in [-0.1, -0.05) is 48.4 Å². The van der Waals surface area contributed by atoms with E-state index in [0.29, 0.717) is 11.7 Å². The van der Waals surface area contributed by atoms with Crippen LogP contribution in [0.5, 0.6) is 0 Å². The second-order valence-electron chi connectivity index (χ2n) is 4.98. The molecule has 1 aliphatic rings. The first-order valence-electron chi connectivity index (χ1n) is 6.50. The van der Waals surface area contributed by atoms with E-state index in [9.17, 15) is 4.79 Å². The highest BCUT2D eigenvalue weighted by Crippen LogP contribution is 2.28. The summed E-state index contributed by atoms with van der Waals surface area (Å²) in [5, 5.41) is 0. The van der Waals surface area contributed by atoms with Crippen molar-refractivity contribution in [1.29, 1.82) is 0 Å². The van der Waals surface area contributed by atoms with Crippen LogP contribution in [-0.2, 0) is 4.79 Å². The van der Waals surface area contributed by atoms with Crippen LogP contribution in [0.25, 0.3) is 6.08 Å². The Morgan fingerprint density at radius 3 is 2.76 bits per heavy atom. The minimum absolute atomic E-state index is 0.438. The molecular formula is C16H20O. The average molecular weight is 228 g/mol. The molecule has 0 aromatic heterocycles. The number of ketones is 1. The highest BCUT2D eigenvalue weighted by Gasteiger charge is 2.18. The van der Waals surface area contributed by atoms with Gasteiger partial charge in [0, 0.05) is 12.8 Å². The van der Waals surface area contributed by atoms with Gasteiger partial charge in [0.1, 0.15) is 5.78 Å². The van der Waals surface area contributed by atoms with E-state index in [1.807, 2.05) is 6.07 Å². The molecular weight excluding hydrogens is 208 g/mol. The molecule has 1 aromatic rings. The molecule has 0 unspecified atom stereocenters. The van der Waals surface area contributed by atoms with Gasteiger partial charge >= 0.3 is 0 Å². The van der Waals surface area contributed by atoms with Crippen molar-refractivity contribution in [3.8, 4) is 0 Å². The fraction of sp³-hybridized carbons (Fsp3) is 0.438. The van der Waals surface area contributed by atoms with E-state index in [4.69, 9.17) is 0 Å². The van der Waals surface area contributed by atoms with Gasteiger partial charge < -0.3 is 0 Å². The molecule has 1 aromatic carbocycles. The number of allylic oxidation sites excluding steroid dienone is 1. The standard InChI is InChI=1S/C16H20O/c1-13(11-14-7-3-2-4-8-14)15-9-5-6-10-16(17)12-15/h2-4,7-8,11,15H,5-6,9-10,12H2,1H3/b13-11+/t15-/m0/s1. The van der Waals surface area contributed by atoms with Crippen molar-refractivity contribution < 1.29 is 4.79 Å². The Morgan fingerprint density at radius 1 is 1.24 bits per heavy atom. The zero-order valence-corrected chi connectivity index (χ0v) is 10.5. The highest BCUT2D eigenvalue weighted by atomic mass is 16.1. The Labute approximate surface area is 104 Å². The predicted molar refractivity (Wildman–Crippen MR) is 71.7 cm³/mol. The Morgan fingerprint density at radius 2 is 2.00 bits per heavy atom. The number of hydrogen-bond donors (Lipinski definition) is 0. The Balaban J connectivity index is 2.10. The molecule has 0 N–H and O–H groups in total. The normalized spacial score (nSPS) is 22.3. The van der Waals surface area contributed by atoms with Gasteiger partial charge in [0.15, 0.2) is 0 Å². The van der Waals surface area contributed by atoms with Crippen LogP contribution < -0.4 is 0 Å². The molecule has 0 amide bonds. The fourth-order valence-electron chi connectivity index (χ4n) is 2.51. The van der Waals surface area contributed by atoms with Crippen LogP contribution in [0.3, 0.4) is 0 Å². The molecule has 0 heterocycles. The topological polar surface area (TPSA) is 17.1 Å². The number of rotatable bonds is 2. The maximum absolute atomic E-state index is 11.6. The first kappa shape index (κ1) is 12.1. The summed E-state index contributed by atoms with van der Waals surface area (Å²) in [5.41, 5.74) is 2.59. The molecule has 90 valence electrons. The molecule has 2 rings (SSSR count). The lowest BCUT2D eigenvalue weighted by Gasteiger charge is -2.14. The van der Waals surface area contributed by atoms with Crippen molar-refractivity contribution in [3.05, 3.63) is 41.5 Å². The van der Waals surface area contributed by atoms with Crippen LogP contribution in [0.1, 0.15) is 44.6 Å². The number of Topliss-reactive ketones (excluding diaryl/α,β-unsaturated/α-hetero) is 1. The van der Waals surface area contributed by atoms with E-state index in [-0.39, 0.29) is 0 Å². The lowest BCUT2D eigenvalue weighted by atomic mass is 9.91. The van der Waals surface area contributed by atoms with E-state index in [1.165, 1.54) is 24.0 Å². The fourth-order valence-corrected chi connectivity index (χ4v) is 2.51. The lowest BCUT2D eigenvalue weighted by Crippen LogP contribution is -2.06. The van der Waals surface area contributed by atoms with Gasteiger partial charge in [0.05, 0.1) is 0 Å². The van der Waals surface area contributed by atoms with Gasteiger partial charge in [-0.2, -0.15) is 0 Å². The third-order valence-electron chi connectivity index (χ3n) is 3.57. The van der Waals surface area contributed by atoms with Gasteiger partial charge in [-0.3, -0.25) is 4.79 Å².